The first-order valence-electron chi connectivity index (χ1n) is 7.58. The predicted molar refractivity (Wildman–Crippen MR) is 89.6 cm³/mol. The first-order chi connectivity index (χ1) is 11.8. The SMILES string of the molecule is CC(C)CCNC(=O)NC(=O)COC(=O)c1ccccc1SC(F)F. The summed E-state index contributed by atoms with van der Waals surface area (Å²) in [5.74, 6) is -4.01. The van der Waals surface area contributed by atoms with Crippen molar-refractivity contribution >= 4 is 29.7 Å². The summed E-state index contributed by atoms with van der Waals surface area (Å²) < 4.78 is 29.7. The monoisotopic (exact) mass is 374 g/mol. The third-order valence-corrected chi connectivity index (χ3v) is 3.71. The van der Waals surface area contributed by atoms with Crippen molar-refractivity contribution in [2.24, 2.45) is 5.92 Å². The Morgan fingerprint density at radius 1 is 1.20 bits per heavy atom. The van der Waals surface area contributed by atoms with Crippen molar-refractivity contribution in [3.05, 3.63) is 29.8 Å². The van der Waals surface area contributed by atoms with Gasteiger partial charge in [0.25, 0.3) is 11.7 Å². The maximum Gasteiger partial charge on any atom is 0.339 e. The number of alkyl halides is 2. The summed E-state index contributed by atoms with van der Waals surface area (Å²) in [6.07, 6.45) is 0.759. The second-order valence-electron chi connectivity index (χ2n) is 5.44. The molecule has 2 N–H and O–H groups in total. The molecule has 25 heavy (non-hydrogen) atoms. The quantitative estimate of drug-likeness (QED) is 0.540. The Balaban J connectivity index is 2.46. The van der Waals surface area contributed by atoms with Crippen LogP contribution < -0.4 is 10.6 Å². The van der Waals surface area contributed by atoms with Crippen molar-refractivity contribution in [1.29, 1.82) is 0 Å². The van der Waals surface area contributed by atoms with Gasteiger partial charge in [-0.3, -0.25) is 10.1 Å². The van der Waals surface area contributed by atoms with Crippen LogP contribution in [0, 0.1) is 5.92 Å². The van der Waals surface area contributed by atoms with Gasteiger partial charge in [0.1, 0.15) is 0 Å². The normalized spacial score (nSPS) is 10.6. The highest BCUT2D eigenvalue weighted by atomic mass is 32.2. The highest BCUT2D eigenvalue weighted by Crippen LogP contribution is 2.28. The number of hydrogen-bond acceptors (Lipinski definition) is 5. The van der Waals surface area contributed by atoms with Crippen LogP contribution in [0.2, 0.25) is 0 Å². The van der Waals surface area contributed by atoms with Crippen LogP contribution >= 0.6 is 11.8 Å². The van der Waals surface area contributed by atoms with Crippen LogP contribution in [-0.2, 0) is 9.53 Å². The lowest BCUT2D eigenvalue weighted by molar-refractivity contribution is -0.123. The number of thioether (sulfide) groups is 1. The summed E-state index contributed by atoms with van der Waals surface area (Å²) >= 11 is 0.211. The fourth-order valence-electron chi connectivity index (χ4n) is 1.72. The van der Waals surface area contributed by atoms with Crippen molar-refractivity contribution in [3.63, 3.8) is 0 Å². The molecule has 0 saturated heterocycles. The van der Waals surface area contributed by atoms with Crippen LogP contribution in [-0.4, -0.2) is 36.8 Å². The lowest BCUT2D eigenvalue weighted by atomic mass is 10.1. The van der Waals surface area contributed by atoms with Crippen LogP contribution in [0.15, 0.2) is 29.2 Å². The molecule has 0 spiro atoms. The number of nitrogens with one attached hydrogen (secondary N) is 2. The highest BCUT2D eigenvalue weighted by molar-refractivity contribution is 7.99. The number of carbonyl (C=O) groups is 3. The van der Waals surface area contributed by atoms with Crippen LogP contribution in [0.5, 0.6) is 0 Å². The molecule has 138 valence electrons. The lowest BCUT2D eigenvalue weighted by Gasteiger charge is -2.10. The Morgan fingerprint density at radius 3 is 2.52 bits per heavy atom. The van der Waals surface area contributed by atoms with Gasteiger partial charge in [0.2, 0.25) is 0 Å². The summed E-state index contributed by atoms with van der Waals surface area (Å²) in [6, 6.07) is 5.00. The number of carbonyl (C=O) groups excluding carboxylic acids is 3. The zero-order valence-electron chi connectivity index (χ0n) is 13.9. The first-order valence-corrected chi connectivity index (χ1v) is 8.46. The van der Waals surface area contributed by atoms with Gasteiger partial charge >= 0.3 is 12.0 Å². The van der Waals surface area contributed by atoms with Gasteiger partial charge in [-0.25, -0.2) is 9.59 Å². The predicted octanol–water partition coefficient (Wildman–Crippen LogP) is 3.03. The highest BCUT2D eigenvalue weighted by Gasteiger charge is 2.18. The first kappa shape index (κ1) is 20.9. The number of urea groups is 1. The minimum Gasteiger partial charge on any atom is -0.452 e. The molecule has 0 aromatic heterocycles. The van der Waals surface area contributed by atoms with Crippen molar-refractivity contribution < 1.29 is 27.9 Å². The Hall–Kier alpha value is -2.16. The Labute approximate surface area is 148 Å². The molecule has 0 unspecified atom stereocenters. The number of hydrogen-bond donors (Lipinski definition) is 2. The van der Waals surface area contributed by atoms with Crippen LogP contribution in [0.3, 0.4) is 0 Å². The molecule has 1 aromatic carbocycles. The molecule has 9 heteroatoms. The van der Waals surface area contributed by atoms with Gasteiger partial charge in [0.05, 0.1) is 5.56 Å². The van der Waals surface area contributed by atoms with E-state index in [-0.39, 0.29) is 22.2 Å². The number of halogens is 2. The van der Waals surface area contributed by atoms with Gasteiger partial charge in [0.15, 0.2) is 6.61 Å². The third kappa shape index (κ3) is 8.48. The van der Waals surface area contributed by atoms with E-state index in [2.05, 4.69) is 5.32 Å². The summed E-state index contributed by atoms with van der Waals surface area (Å²) in [5, 5.41) is 4.51. The number of amides is 3. The molecular weight excluding hydrogens is 354 g/mol. The van der Waals surface area contributed by atoms with E-state index in [4.69, 9.17) is 4.74 Å². The Bertz CT molecular complexity index is 612. The van der Waals surface area contributed by atoms with Crippen molar-refractivity contribution in [3.8, 4) is 0 Å². The molecular formula is C16H20F2N2O4S. The van der Waals surface area contributed by atoms with Crippen LogP contribution in [0.25, 0.3) is 0 Å². The fraction of sp³-hybridized carbons (Fsp3) is 0.438. The van der Waals surface area contributed by atoms with E-state index in [0.29, 0.717) is 12.5 Å². The summed E-state index contributed by atoms with van der Waals surface area (Å²) in [4.78, 5) is 35.0. The van der Waals surface area contributed by atoms with E-state index >= 15 is 0 Å². The van der Waals surface area contributed by atoms with Crippen molar-refractivity contribution in [2.75, 3.05) is 13.2 Å². The molecule has 0 aliphatic heterocycles. The lowest BCUT2D eigenvalue weighted by Crippen LogP contribution is -2.42. The molecule has 0 fully saturated rings. The number of imide groups is 1. The molecule has 0 aliphatic rings. The van der Waals surface area contributed by atoms with E-state index in [1.54, 1.807) is 0 Å². The van der Waals surface area contributed by atoms with Gasteiger partial charge in [-0.1, -0.05) is 37.7 Å². The summed E-state index contributed by atoms with van der Waals surface area (Å²) in [6.45, 7) is 3.71. The molecule has 0 bridgehead atoms. The number of benzene rings is 1. The topological polar surface area (TPSA) is 84.5 Å². The molecule has 1 aromatic rings. The van der Waals surface area contributed by atoms with Crippen LogP contribution in [0.1, 0.15) is 30.6 Å². The minimum atomic E-state index is -2.69. The molecule has 6 nitrogen and oxygen atoms in total. The summed E-state index contributed by atoms with van der Waals surface area (Å²) in [5.41, 5.74) is -0.0676. The van der Waals surface area contributed by atoms with Gasteiger partial charge in [-0.2, -0.15) is 8.78 Å². The molecule has 0 radical (unpaired) electrons. The van der Waals surface area contributed by atoms with Crippen molar-refractivity contribution in [2.45, 2.75) is 30.9 Å². The zero-order chi connectivity index (χ0) is 18.8. The van der Waals surface area contributed by atoms with E-state index in [1.165, 1.54) is 24.3 Å². The Morgan fingerprint density at radius 2 is 1.88 bits per heavy atom. The number of ether oxygens (including phenoxy) is 1. The number of rotatable bonds is 8. The molecule has 0 aliphatic carbocycles. The second kappa shape index (κ2) is 10.7. The van der Waals surface area contributed by atoms with E-state index < -0.39 is 30.3 Å². The third-order valence-electron chi connectivity index (χ3n) is 2.92. The van der Waals surface area contributed by atoms with E-state index in [9.17, 15) is 23.2 Å². The largest absolute Gasteiger partial charge is 0.452 e. The molecule has 0 saturated carbocycles. The van der Waals surface area contributed by atoms with Gasteiger partial charge in [-0.15, -0.1) is 0 Å². The van der Waals surface area contributed by atoms with E-state index in [1.807, 2.05) is 19.2 Å². The number of esters is 1. The summed E-state index contributed by atoms with van der Waals surface area (Å²) in [7, 11) is 0. The van der Waals surface area contributed by atoms with E-state index in [0.717, 1.165) is 6.42 Å². The fourth-order valence-corrected chi connectivity index (χ4v) is 2.35. The zero-order valence-corrected chi connectivity index (χ0v) is 14.7. The van der Waals surface area contributed by atoms with Crippen LogP contribution in [0.4, 0.5) is 13.6 Å². The van der Waals surface area contributed by atoms with Gasteiger partial charge < -0.3 is 10.1 Å². The maximum absolute atomic E-state index is 12.5. The average molecular weight is 374 g/mol. The standard InChI is InChI=1S/C16H20F2N2O4S/c1-10(2)7-8-19-16(23)20-13(21)9-24-14(22)11-5-3-4-6-12(11)25-15(17)18/h3-6,10,15H,7-9H2,1-2H3,(H2,19,20,21,23). The van der Waals surface area contributed by atoms with Crippen molar-refractivity contribution in [1.82, 2.24) is 10.6 Å². The Kier molecular flexibility index (Phi) is 8.90. The molecule has 0 atom stereocenters. The molecule has 3 amide bonds. The van der Waals surface area contributed by atoms with Gasteiger partial charge in [-0.05, 0) is 24.5 Å². The van der Waals surface area contributed by atoms with Gasteiger partial charge in [0, 0.05) is 11.4 Å². The average Bonchev–Trinajstić information content (AvgIpc) is 2.52. The molecule has 1 rings (SSSR count). The minimum absolute atomic E-state index is 0.0503. The molecule has 0 heterocycles. The smallest absolute Gasteiger partial charge is 0.339 e. The second-order valence-corrected chi connectivity index (χ2v) is 6.47. The maximum atomic E-state index is 12.5.